The molecule has 4 aromatic rings. The molecule has 6 rings (SSSR count). The lowest BCUT2D eigenvalue weighted by Gasteiger charge is -2.16. The lowest BCUT2D eigenvalue weighted by Crippen LogP contribution is -2.24. The van der Waals surface area contributed by atoms with E-state index < -0.39 is 0 Å². The molecule has 9 heteroatoms. The Balaban J connectivity index is 0.000000987. The van der Waals surface area contributed by atoms with Crippen LogP contribution in [0.5, 0.6) is 0 Å². The van der Waals surface area contributed by atoms with E-state index in [1.54, 1.807) is 12.0 Å². The highest BCUT2D eigenvalue weighted by atomic mass is 16.5. The molecule has 4 heterocycles. The molecule has 0 bridgehead atoms. The van der Waals surface area contributed by atoms with Crippen LogP contribution in [0, 0.1) is 0 Å². The number of aromatic amines is 2. The Kier molecular flexibility index (Phi) is 16.3. The third-order valence-corrected chi connectivity index (χ3v) is 8.17. The standard InChI is InChI=1S/C33H38N6O3.3C2H6/c1-3-4-16-42-26-17-30(39(19-26)21-40)33-37-29(20-41-2)31(38-33)25-13-9-23(10-14-25)22-7-11-24(12-8-22)28-18-35-32(36-28)27-6-5-15-34-27;3*1-2/h3-4,7-14,18,21,26-27,30,34H,5-6,15-17,19-20H2,1-2H3,(H,35,36)(H,37,38);3*1-2H3/b4-3-;;;. The zero-order valence-corrected chi connectivity index (χ0v) is 30.2. The minimum absolute atomic E-state index is 0.0267. The molecule has 0 spiro atoms. The second-order valence-corrected chi connectivity index (χ2v) is 10.9. The van der Waals surface area contributed by atoms with Gasteiger partial charge in [-0.1, -0.05) is 102 Å². The second-order valence-electron chi connectivity index (χ2n) is 10.9. The van der Waals surface area contributed by atoms with Crippen molar-refractivity contribution >= 4 is 6.41 Å². The summed E-state index contributed by atoms with van der Waals surface area (Å²) in [4.78, 5) is 30.1. The first-order valence-electron chi connectivity index (χ1n) is 17.7. The van der Waals surface area contributed by atoms with Crippen molar-refractivity contribution in [3.05, 3.63) is 84.2 Å². The van der Waals surface area contributed by atoms with Gasteiger partial charge in [-0.3, -0.25) is 4.79 Å². The Morgan fingerprint density at radius 2 is 1.54 bits per heavy atom. The Labute approximate surface area is 287 Å². The first-order chi connectivity index (χ1) is 23.7. The highest BCUT2D eigenvalue weighted by Gasteiger charge is 2.35. The van der Waals surface area contributed by atoms with Crippen LogP contribution in [-0.4, -0.2) is 64.2 Å². The molecule has 0 radical (unpaired) electrons. The maximum atomic E-state index is 11.9. The summed E-state index contributed by atoms with van der Waals surface area (Å²) in [7, 11) is 1.67. The van der Waals surface area contributed by atoms with Crippen molar-refractivity contribution in [2.45, 2.75) is 92.5 Å². The molecule has 48 heavy (non-hydrogen) atoms. The minimum Gasteiger partial charge on any atom is -0.378 e. The van der Waals surface area contributed by atoms with Gasteiger partial charge in [0.25, 0.3) is 0 Å². The molecular weight excluding hydrogens is 600 g/mol. The van der Waals surface area contributed by atoms with Crippen LogP contribution in [0.3, 0.4) is 0 Å². The predicted molar refractivity (Wildman–Crippen MR) is 196 cm³/mol. The number of aromatic nitrogens is 4. The predicted octanol–water partition coefficient (Wildman–Crippen LogP) is 8.65. The third-order valence-electron chi connectivity index (χ3n) is 8.17. The van der Waals surface area contributed by atoms with Gasteiger partial charge in [0.1, 0.15) is 11.6 Å². The molecule has 9 nitrogen and oxygen atoms in total. The number of carbonyl (C=O) groups is 1. The van der Waals surface area contributed by atoms with Crippen LogP contribution in [0.4, 0.5) is 0 Å². The molecule has 3 unspecified atom stereocenters. The number of likely N-dealkylation sites (tertiary alicyclic amines) is 1. The number of carbonyl (C=O) groups excluding carboxylic acids is 1. The first-order valence-corrected chi connectivity index (χ1v) is 17.7. The van der Waals surface area contributed by atoms with Crippen LogP contribution in [0.1, 0.15) is 97.2 Å². The van der Waals surface area contributed by atoms with Gasteiger partial charge in [0.05, 0.1) is 54.7 Å². The van der Waals surface area contributed by atoms with Gasteiger partial charge in [0.2, 0.25) is 6.41 Å². The number of imidazole rings is 2. The van der Waals surface area contributed by atoms with Gasteiger partial charge in [-0.25, -0.2) is 9.97 Å². The van der Waals surface area contributed by atoms with E-state index in [1.165, 1.54) is 6.42 Å². The Morgan fingerprint density at radius 1 is 0.896 bits per heavy atom. The summed E-state index contributed by atoms with van der Waals surface area (Å²) in [6, 6.07) is 17.1. The van der Waals surface area contributed by atoms with Gasteiger partial charge in [0, 0.05) is 25.6 Å². The number of nitrogens with one attached hydrogen (secondary N) is 3. The van der Waals surface area contributed by atoms with E-state index in [0.29, 0.717) is 32.2 Å². The number of rotatable bonds is 11. The van der Waals surface area contributed by atoms with Gasteiger partial charge in [-0.05, 0) is 43.0 Å². The fraction of sp³-hybridized carbons (Fsp3) is 0.462. The number of nitrogens with zero attached hydrogens (tertiary/aromatic N) is 3. The number of ether oxygens (including phenoxy) is 2. The number of hydrogen-bond donors (Lipinski definition) is 3. The third kappa shape index (κ3) is 9.52. The smallest absolute Gasteiger partial charge is 0.210 e. The van der Waals surface area contributed by atoms with E-state index in [0.717, 1.165) is 70.4 Å². The molecule has 3 N–H and O–H groups in total. The molecule has 2 fully saturated rings. The summed E-state index contributed by atoms with van der Waals surface area (Å²) in [5.41, 5.74) is 7.13. The van der Waals surface area contributed by atoms with Crippen LogP contribution in [0.25, 0.3) is 33.6 Å². The maximum absolute atomic E-state index is 11.9. The summed E-state index contributed by atoms with van der Waals surface area (Å²) in [5, 5.41) is 3.49. The topological polar surface area (TPSA) is 108 Å². The number of H-pyrrole nitrogens is 2. The van der Waals surface area contributed by atoms with Crippen LogP contribution in [0.2, 0.25) is 0 Å². The van der Waals surface area contributed by atoms with Crippen molar-refractivity contribution in [3.8, 4) is 33.6 Å². The Morgan fingerprint density at radius 3 is 2.12 bits per heavy atom. The molecule has 1 amide bonds. The van der Waals surface area contributed by atoms with Crippen molar-refractivity contribution in [2.24, 2.45) is 0 Å². The second kappa shape index (κ2) is 20.3. The number of hydrogen-bond acceptors (Lipinski definition) is 6. The zero-order chi connectivity index (χ0) is 34.9. The quantitative estimate of drug-likeness (QED) is 0.110. The monoisotopic (exact) mass is 656 g/mol. The summed E-state index contributed by atoms with van der Waals surface area (Å²) in [6.45, 7) is 16.5. The molecular formula is C39H56N6O3. The largest absolute Gasteiger partial charge is 0.378 e. The van der Waals surface area contributed by atoms with Crippen molar-refractivity contribution in [3.63, 3.8) is 0 Å². The fourth-order valence-corrected chi connectivity index (χ4v) is 5.93. The summed E-state index contributed by atoms with van der Waals surface area (Å²) in [6.07, 6.45) is 9.73. The van der Waals surface area contributed by atoms with Crippen LogP contribution >= 0.6 is 0 Å². The van der Waals surface area contributed by atoms with Crippen molar-refractivity contribution in [2.75, 3.05) is 26.8 Å². The van der Waals surface area contributed by atoms with Gasteiger partial charge in [-0.15, -0.1) is 0 Å². The van der Waals surface area contributed by atoms with Gasteiger partial charge in [0.15, 0.2) is 0 Å². The van der Waals surface area contributed by atoms with E-state index in [9.17, 15) is 4.79 Å². The van der Waals surface area contributed by atoms with Crippen molar-refractivity contribution < 1.29 is 14.3 Å². The highest BCUT2D eigenvalue weighted by molar-refractivity contribution is 5.72. The molecule has 2 saturated heterocycles. The van der Waals surface area contributed by atoms with E-state index >= 15 is 0 Å². The van der Waals surface area contributed by atoms with E-state index in [4.69, 9.17) is 14.5 Å². The molecule has 3 atom stereocenters. The minimum atomic E-state index is -0.166. The Bertz CT molecular complexity index is 1500. The van der Waals surface area contributed by atoms with E-state index in [-0.39, 0.29) is 12.1 Å². The Hall–Kier alpha value is -4.05. The van der Waals surface area contributed by atoms with E-state index in [2.05, 4.69) is 68.8 Å². The van der Waals surface area contributed by atoms with E-state index in [1.807, 2.05) is 66.8 Å². The molecule has 2 aliphatic rings. The summed E-state index contributed by atoms with van der Waals surface area (Å²) >= 11 is 0. The van der Waals surface area contributed by atoms with Crippen LogP contribution < -0.4 is 5.32 Å². The molecule has 260 valence electrons. The fourth-order valence-electron chi connectivity index (χ4n) is 5.93. The number of allylic oxidation sites excluding steroid dienone is 1. The van der Waals surface area contributed by atoms with Crippen LogP contribution in [-0.2, 0) is 20.9 Å². The summed E-state index contributed by atoms with van der Waals surface area (Å²) in [5.74, 6) is 1.77. The average Bonchev–Trinajstić information content (AvgIpc) is 3.98. The molecule has 2 aromatic carbocycles. The first kappa shape index (κ1) is 38.4. The molecule has 0 aliphatic carbocycles. The molecule has 2 aliphatic heterocycles. The lowest BCUT2D eigenvalue weighted by molar-refractivity contribution is -0.119. The average molecular weight is 657 g/mol. The zero-order valence-electron chi connectivity index (χ0n) is 30.2. The maximum Gasteiger partial charge on any atom is 0.210 e. The lowest BCUT2D eigenvalue weighted by atomic mass is 10.0. The van der Waals surface area contributed by atoms with Crippen molar-refractivity contribution in [1.29, 1.82) is 0 Å². The SMILES string of the molecule is C/C=C\COC1CC(c2nc(-c3ccc(-c4ccc(-c5cnc(C6CCCN6)[nH]5)cc4)cc3)c(COC)[nH]2)N(C=O)C1.CC.CC.CC. The van der Waals surface area contributed by atoms with Gasteiger partial charge >= 0.3 is 0 Å². The van der Waals surface area contributed by atoms with Crippen LogP contribution in [0.15, 0.2) is 66.9 Å². The van der Waals surface area contributed by atoms with Crippen molar-refractivity contribution in [1.82, 2.24) is 30.2 Å². The van der Waals surface area contributed by atoms with Gasteiger partial charge < -0.3 is 29.7 Å². The molecule has 2 aromatic heterocycles. The number of amides is 1. The number of methoxy groups -OCH3 is 1. The molecule has 0 saturated carbocycles. The normalized spacial score (nSPS) is 18.4. The highest BCUT2D eigenvalue weighted by Crippen LogP contribution is 2.34. The van der Waals surface area contributed by atoms with Gasteiger partial charge in [-0.2, -0.15) is 0 Å². The number of benzene rings is 2. The summed E-state index contributed by atoms with van der Waals surface area (Å²) < 4.78 is 11.4.